The molecule has 0 aliphatic rings. The monoisotopic (exact) mass is 367 g/mol. The first-order valence-electron chi connectivity index (χ1n) is 7.64. The van der Waals surface area contributed by atoms with Crippen LogP contribution in [0.4, 0.5) is 4.39 Å². The lowest BCUT2D eigenvalue weighted by molar-refractivity contribution is 0.415. The van der Waals surface area contributed by atoms with Gasteiger partial charge >= 0.3 is 5.63 Å². The molecule has 0 saturated heterocycles. The number of ether oxygens (including phenoxy) is 1. The van der Waals surface area contributed by atoms with Crippen molar-refractivity contribution in [3.63, 3.8) is 0 Å². The van der Waals surface area contributed by atoms with E-state index in [1.807, 2.05) is 18.2 Å². The molecule has 4 nitrogen and oxygen atoms in total. The fraction of sp³-hybridized carbons (Fsp3) is 0.100. The highest BCUT2D eigenvalue weighted by Gasteiger charge is 2.22. The molecule has 0 fully saturated rings. The molecule has 0 spiro atoms. The molecule has 0 aliphatic heterocycles. The Morgan fingerprint density at radius 2 is 1.69 bits per heavy atom. The molecule has 0 saturated carbocycles. The van der Waals surface area contributed by atoms with Gasteiger partial charge in [-0.05, 0) is 48.2 Å². The van der Waals surface area contributed by atoms with Crippen LogP contribution in [0.1, 0.15) is 5.56 Å². The predicted octanol–water partition coefficient (Wildman–Crippen LogP) is 4.72. The number of benzene rings is 2. The van der Waals surface area contributed by atoms with E-state index in [0.29, 0.717) is 27.5 Å². The topological polar surface area (TPSA) is 63.2 Å². The van der Waals surface area contributed by atoms with E-state index in [1.165, 1.54) is 36.0 Å². The molecule has 6 heteroatoms. The van der Waals surface area contributed by atoms with Crippen LogP contribution in [0.25, 0.3) is 22.5 Å². The van der Waals surface area contributed by atoms with Crippen molar-refractivity contribution in [2.45, 2.75) is 4.90 Å². The Morgan fingerprint density at radius 1 is 1.08 bits per heavy atom. The zero-order valence-corrected chi connectivity index (χ0v) is 14.9. The molecule has 0 radical (unpaired) electrons. The van der Waals surface area contributed by atoms with Gasteiger partial charge in [0.2, 0.25) is 0 Å². The summed E-state index contributed by atoms with van der Waals surface area (Å²) in [6.07, 6.45) is 1.79. The molecule has 0 bridgehead atoms. The van der Waals surface area contributed by atoms with Crippen LogP contribution in [0.3, 0.4) is 0 Å². The van der Waals surface area contributed by atoms with E-state index in [4.69, 9.17) is 9.15 Å². The smallest absolute Gasteiger partial charge is 0.355 e. The SMILES string of the molecule is COc1ccc(-c2c(-c3ccc(F)cc3)oc(=O)c(C#N)c2SC)cc1. The second-order valence-corrected chi connectivity index (χ2v) is 6.17. The summed E-state index contributed by atoms with van der Waals surface area (Å²) in [5, 5.41) is 9.39. The molecule has 3 aromatic rings. The minimum Gasteiger partial charge on any atom is -0.497 e. The van der Waals surface area contributed by atoms with Gasteiger partial charge in [0.25, 0.3) is 0 Å². The molecule has 0 aliphatic carbocycles. The van der Waals surface area contributed by atoms with E-state index < -0.39 is 5.63 Å². The number of hydrogen-bond donors (Lipinski definition) is 0. The predicted molar refractivity (Wildman–Crippen MR) is 98.9 cm³/mol. The summed E-state index contributed by atoms with van der Waals surface area (Å²) in [6, 6.07) is 14.8. The standard InChI is InChI=1S/C20H14FNO3S/c1-24-15-9-5-12(6-10-15)17-18(13-3-7-14(21)8-4-13)25-20(23)16(11-22)19(17)26-2/h3-10H,1-2H3. The Morgan fingerprint density at radius 3 is 2.23 bits per heavy atom. The molecule has 0 amide bonds. The molecule has 0 N–H and O–H groups in total. The van der Waals surface area contributed by atoms with E-state index in [0.717, 1.165) is 5.56 Å². The molecular formula is C20H14FNO3S. The first-order valence-corrected chi connectivity index (χ1v) is 8.87. The second-order valence-electron chi connectivity index (χ2n) is 5.35. The Labute approximate surface area is 153 Å². The highest BCUT2D eigenvalue weighted by atomic mass is 32.2. The van der Waals surface area contributed by atoms with Crippen molar-refractivity contribution in [1.29, 1.82) is 5.26 Å². The van der Waals surface area contributed by atoms with Gasteiger partial charge in [0, 0.05) is 16.0 Å². The molecular weight excluding hydrogens is 353 g/mol. The van der Waals surface area contributed by atoms with E-state index in [1.54, 1.807) is 25.5 Å². The third-order valence-electron chi connectivity index (χ3n) is 3.88. The van der Waals surface area contributed by atoms with Crippen LogP contribution in [-0.4, -0.2) is 13.4 Å². The van der Waals surface area contributed by atoms with Gasteiger partial charge in [-0.3, -0.25) is 0 Å². The van der Waals surface area contributed by atoms with Crippen molar-refractivity contribution in [3.05, 3.63) is 70.3 Å². The maximum atomic E-state index is 13.3. The van der Waals surface area contributed by atoms with Crippen molar-refractivity contribution in [3.8, 4) is 34.3 Å². The molecule has 1 aromatic heterocycles. The first kappa shape index (κ1) is 17.8. The lowest BCUT2D eigenvalue weighted by Crippen LogP contribution is -2.08. The van der Waals surface area contributed by atoms with E-state index >= 15 is 0 Å². The lowest BCUT2D eigenvalue weighted by atomic mass is 9.99. The summed E-state index contributed by atoms with van der Waals surface area (Å²) < 4.78 is 23.9. The van der Waals surface area contributed by atoms with E-state index in [2.05, 4.69) is 0 Å². The minimum absolute atomic E-state index is 0.0471. The Balaban J connectivity index is 2.35. The largest absolute Gasteiger partial charge is 0.497 e. The molecule has 1 heterocycles. The minimum atomic E-state index is -0.714. The van der Waals surface area contributed by atoms with Crippen LogP contribution in [0.2, 0.25) is 0 Å². The number of thioether (sulfide) groups is 1. The van der Waals surface area contributed by atoms with E-state index in [9.17, 15) is 14.4 Å². The average Bonchev–Trinajstić information content (AvgIpc) is 2.67. The first-order chi connectivity index (χ1) is 12.6. The van der Waals surface area contributed by atoms with Gasteiger partial charge in [0.15, 0.2) is 5.56 Å². The van der Waals surface area contributed by atoms with Gasteiger partial charge in [-0.15, -0.1) is 11.8 Å². The average molecular weight is 367 g/mol. The summed E-state index contributed by atoms with van der Waals surface area (Å²) in [5.41, 5.74) is 1.16. The summed E-state index contributed by atoms with van der Waals surface area (Å²) in [7, 11) is 1.57. The number of nitriles is 1. The highest BCUT2D eigenvalue weighted by Crippen LogP contribution is 2.40. The van der Waals surface area contributed by atoms with Crippen LogP contribution in [-0.2, 0) is 0 Å². The van der Waals surface area contributed by atoms with Gasteiger partial charge in [-0.1, -0.05) is 12.1 Å². The zero-order chi connectivity index (χ0) is 18.7. The number of rotatable bonds is 4. The number of nitrogens with zero attached hydrogens (tertiary/aromatic N) is 1. The fourth-order valence-electron chi connectivity index (χ4n) is 2.64. The van der Waals surface area contributed by atoms with Crippen molar-refractivity contribution in [2.75, 3.05) is 13.4 Å². The third-order valence-corrected chi connectivity index (χ3v) is 4.70. The summed E-state index contributed by atoms with van der Waals surface area (Å²) in [5.74, 6) is 0.588. The van der Waals surface area contributed by atoms with Crippen LogP contribution in [0, 0.1) is 17.1 Å². The third kappa shape index (κ3) is 3.22. The molecule has 0 unspecified atom stereocenters. The quantitative estimate of drug-likeness (QED) is 0.625. The lowest BCUT2D eigenvalue weighted by Gasteiger charge is -2.14. The normalized spacial score (nSPS) is 10.4. The fourth-order valence-corrected chi connectivity index (χ4v) is 3.39. The Kier molecular flexibility index (Phi) is 5.10. The highest BCUT2D eigenvalue weighted by molar-refractivity contribution is 7.98. The maximum Gasteiger partial charge on any atom is 0.355 e. The van der Waals surface area contributed by atoms with Gasteiger partial charge in [-0.2, -0.15) is 5.26 Å². The zero-order valence-electron chi connectivity index (χ0n) is 14.1. The van der Waals surface area contributed by atoms with Crippen LogP contribution in [0.5, 0.6) is 5.75 Å². The molecule has 26 heavy (non-hydrogen) atoms. The van der Waals surface area contributed by atoms with Crippen molar-refractivity contribution < 1.29 is 13.5 Å². The van der Waals surface area contributed by atoms with Gasteiger partial charge in [-0.25, -0.2) is 9.18 Å². The maximum absolute atomic E-state index is 13.3. The summed E-state index contributed by atoms with van der Waals surface area (Å²) >= 11 is 1.29. The van der Waals surface area contributed by atoms with Crippen LogP contribution < -0.4 is 10.4 Å². The number of hydrogen-bond acceptors (Lipinski definition) is 5. The van der Waals surface area contributed by atoms with Gasteiger partial charge < -0.3 is 9.15 Å². The van der Waals surface area contributed by atoms with Crippen LogP contribution in [0.15, 0.2) is 62.6 Å². The van der Waals surface area contributed by atoms with Crippen molar-refractivity contribution >= 4 is 11.8 Å². The molecule has 0 atom stereocenters. The van der Waals surface area contributed by atoms with Gasteiger partial charge in [0.1, 0.15) is 23.4 Å². The molecule has 130 valence electrons. The Hall–Kier alpha value is -3.04. The van der Waals surface area contributed by atoms with E-state index in [-0.39, 0.29) is 11.4 Å². The Bertz CT molecular complexity index is 1030. The molecule has 2 aromatic carbocycles. The number of methoxy groups -OCH3 is 1. The van der Waals surface area contributed by atoms with Crippen molar-refractivity contribution in [2.24, 2.45) is 0 Å². The summed E-state index contributed by atoms with van der Waals surface area (Å²) in [4.78, 5) is 12.8. The van der Waals surface area contributed by atoms with Crippen LogP contribution >= 0.6 is 11.8 Å². The van der Waals surface area contributed by atoms with Crippen molar-refractivity contribution in [1.82, 2.24) is 0 Å². The second kappa shape index (κ2) is 7.46. The summed E-state index contributed by atoms with van der Waals surface area (Å²) in [6.45, 7) is 0. The van der Waals surface area contributed by atoms with Gasteiger partial charge in [0.05, 0.1) is 7.11 Å². The molecule has 3 rings (SSSR count). The number of halogens is 1.